The van der Waals surface area contributed by atoms with Crippen LogP contribution in [0.25, 0.3) is 0 Å². The third-order valence-electron chi connectivity index (χ3n) is 2.46. The maximum absolute atomic E-state index is 11.6. The summed E-state index contributed by atoms with van der Waals surface area (Å²) in [4.78, 5) is 11.6. The lowest BCUT2D eigenvalue weighted by Gasteiger charge is -2.10. The normalized spacial score (nSPS) is 12.2. The van der Waals surface area contributed by atoms with Crippen molar-refractivity contribution in [2.75, 3.05) is 24.7 Å². The molecule has 94 valence electrons. The summed E-state index contributed by atoms with van der Waals surface area (Å²) < 4.78 is 0. The van der Waals surface area contributed by atoms with Crippen LogP contribution >= 0.6 is 11.8 Å². The zero-order valence-electron chi connectivity index (χ0n) is 10.6. The van der Waals surface area contributed by atoms with E-state index >= 15 is 0 Å². The monoisotopic (exact) mass is 252 g/mol. The maximum atomic E-state index is 11.6. The summed E-state index contributed by atoms with van der Waals surface area (Å²) in [6.07, 6.45) is 2.07. The summed E-state index contributed by atoms with van der Waals surface area (Å²) in [6, 6.07) is 7.80. The molecule has 0 bridgehead atoms. The number of aryl methyl sites for hydroxylation is 1. The highest BCUT2D eigenvalue weighted by Gasteiger charge is 2.03. The van der Waals surface area contributed by atoms with E-state index in [1.165, 1.54) is 5.56 Å². The Labute approximate surface area is 107 Å². The molecule has 17 heavy (non-hydrogen) atoms. The van der Waals surface area contributed by atoms with Crippen molar-refractivity contribution in [2.24, 2.45) is 0 Å². The van der Waals surface area contributed by atoms with Gasteiger partial charge < -0.3 is 10.6 Å². The predicted octanol–water partition coefficient (Wildman–Crippen LogP) is 2.27. The third kappa shape index (κ3) is 5.75. The van der Waals surface area contributed by atoms with Crippen LogP contribution < -0.4 is 10.6 Å². The first-order valence-electron chi connectivity index (χ1n) is 5.72. The van der Waals surface area contributed by atoms with Gasteiger partial charge in [-0.15, -0.1) is 0 Å². The van der Waals surface area contributed by atoms with E-state index in [-0.39, 0.29) is 5.91 Å². The molecule has 1 aromatic carbocycles. The third-order valence-corrected chi connectivity index (χ3v) is 3.43. The molecule has 0 aliphatic rings. The number of anilines is 1. The molecule has 1 amide bonds. The number of carbonyl (C=O) groups excluding carboxylic acids is 1. The standard InChI is InChI=1S/C13H20N2OS/c1-10-4-6-12(7-5-10)15-13(16)9-14-8-11(2)17-3/h4-7,11,14H,8-9H2,1-3H3,(H,15,16). The van der Waals surface area contributed by atoms with Crippen molar-refractivity contribution in [1.29, 1.82) is 0 Å². The Morgan fingerprint density at radius 1 is 1.35 bits per heavy atom. The molecule has 4 heteroatoms. The second-order valence-electron chi connectivity index (χ2n) is 4.09. The molecule has 0 heterocycles. The second-order valence-corrected chi connectivity index (χ2v) is 5.37. The fraction of sp³-hybridized carbons (Fsp3) is 0.462. The zero-order chi connectivity index (χ0) is 12.7. The van der Waals surface area contributed by atoms with Gasteiger partial charge in [-0.1, -0.05) is 24.6 Å². The van der Waals surface area contributed by atoms with Crippen molar-refractivity contribution < 1.29 is 4.79 Å². The number of rotatable bonds is 6. The van der Waals surface area contributed by atoms with Crippen molar-refractivity contribution in [1.82, 2.24) is 5.32 Å². The summed E-state index contributed by atoms with van der Waals surface area (Å²) in [5, 5.41) is 6.52. The highest BCUT2D eigenvalue weighted by atomic mass is 32.2. The van der Waals surface area contributed by atoms with Gasteiger partial charge in [-0.25, -0.2) is 0 Å². The number of hydrogen-bond donors (Lipinski definition) is 2. The van der Waals surface area contributed by atoms with Gasteiger partial charge in [-0.2, -0.15) is 11.8 Å². The SMILES string of the molecule is CSC(C)CNCC(=O)Nc1ccc(C)cc1. The Hall–Kier alpha value is -1.00. The molecule has 0 aromatic heterocycles. The molecule has 0 spiro atoms. The van der Waals surface area contributed by atoms with E-state index in [2.05, 4.69) is 23.8 Å². The highest BCUT2D eigenvalue weighted by Crippen LogP contribution is 2.08. The Morgan fingerprint density at radius 2 is 2.00 bits per heavy atom. The first-order valence-corrected chi connectivity index (χ1v) is 7.00. The van der Waals surface area contributed by atoms with Crippen LogP contribution in [0.15, 0.2) is 24.3 Å². The summed E-state index contributed by atoms with van der Waals surface area (Å²) >= 11 is 1.79. The van der Waals surface area contributed by atoms with Gasteiger partial charge in [0, 0.05) is 17.5 Å². The van der Waals surface area contributed by atoms with Crippen LogP contribution in [0.2, 0.25) is 0 Å². The van der Waals surface area contributed by atoms with Crippen LogP contribution in [-0.4, -0.2) is 30.5 Å². The van der Waals surface area contributed by atoms with E-state index in [0.717, 1.165) is 12.2 Å². The lowest BCUT2D eigenvalue weighted by atomic mass is 10.2. The topological polar surface area (TPSA) is 41.1 Å². The predicted molar refractivity (Wildman–Crippen MR) is 75.7 cm³/mol. The van der Waals surface area contributed by atoms with Crippen molar-refractivity contribution >= 4 is 23.4 Å². The fourth-order valence-electron chi connectivity index (χ4n) is 1.31. The van der Waals surface area contributed by atoms with E-state index in [1.54, 1.807) is 11.8 Å². The Balaban J connectivity index is 2.27. The molecule has 3 nitrogen and oxygen atoms in total. The van der Waals surface area contributed by atoms with Crippen LogP contribution in [0, 0.1) is 6.92 Å². The molecule has 1 unspecified atom stereocenters. The van der Waals surface area contributed by atoms with Gasteiger partial charge in [0.05, 0.1) is 6.54 Å². The molecule has 0 saturated carbocycles. The lowest BCUT2D eigenvalue weighted by Crippen LogP contribution is -2.31. The average Bonchev–Trinajstić information content (AvgIpc) is 2.32. The number of nitrogens with one attached hydrogen (secondary N) is 2. The summed E-state index contributed by atoms with van der Waals surface area (Å²) in [6.45, 7) is 5.37. The summed E-state index contributed by atoms with van der Waals surface area (Å²) in [5.74, 6) is 0.00200. The molecule has 0 aliphatic carbocycles. The first kappa shape index (κ1) is 14.1. The van der Waals surface area contributed by atoms with Gasteiger partial charge in [0.25, 0.3) is 0 Å². The van der Waals surface area contributed by atoms with E-state index in [4.69, 9.17) is 0 Å². The number of thioether (sulfide) groups is 1. The zero-order valence-corrected chi connectivity index (χ0v) is 11.4. The van der Waals surface area contributed by atoms with E-state index in [9.17, 15) is 4.79 Å². The first-order chi connectivity index (χ1) is 8.11. The van der Waals surface area contributed by atoms with Gasteiger partial charge in [-0.3, -0.25) is 4.79 Å². The molecule has 1 atom stereocenters. The lowest BCUT2D eigenvalue weighted by molar-refractivity contribution is -0.115. The largest absolute Gasteiger partial charge is 0.325 e. The number of carbonyl (C=O) groups is 1. The Kier molecular flexibility index (Phi) is 6.08. The number of amides is 1. The van der Waals surface area contributed by atoms with Crippen LogP contribution in [0.1, 0.15) is 12.5 Å². The van der Waals surface area contributed by atoms with Gasteiger partial charge in [0.2, 0.25) is 5.91 Å². The molecule has 0 fully saturated rings. The molecule has 0 radical (unpaired) electrons. The highest BCUT2D eigenvalue weighted by molar-refractivity contribution is 7.99. The fourth-order valence-corrected chi connectivity index (χ4v) is 1.60. The molecular weight excluding hydrogens is 232 g/mol. The van der Waals surface area contributed by atoms with Gasteiger partial charge in [0.1, 0.15) is 0 Å². The molecule has 1 rings (SSSR count). The second kappa shape index (κ2) is 7.35. The maximum Gasteiger partial charge on any atom is 0.238 e. The van der Waals surface area contributed by atoms with Crippen LogP contribution in [0.5, 0.6) is 0 Å². The van der Waals surface area contributed by atoms with Crippen molar-refractivity contribution in [3.8, 4) is 0 Å². The minimum atomic E-state index is 0.00200. The van der Waals surface area contributed by atoms with Crippen molar-refractivity contribution in [2.45, 2.75) is 19.1 Å². The molecule has 0 saturated heterocycles. The molecular formula is C13H20N2OS. The molecule has 2 N–H and O–H groups in total. The quantitative estimate of drug-likeness (QED) is 0.816. The van der Waals surface area contributed by atoms with Gasteiger partial charge in [0.15, 0.2) is 0 Å². The van der Waals surface area contributed by atoms with Gasteiger partial charge in [-0.05, 0) is 25.3 Å². The minimum absolute atomic E-state index is 0.00200. The molecule has 1 aromatic rings. The van der Waals surface area contributed by atoms with E-state index < -0.39 is 0 Å². The minimum Gasteiger partial charge on any atom is -0.325 e. The van der Waals surface area contributed by atoms with E-state index in [1.807, 2.05) is 31.2 Å². The van der Waals surface area contributed by atoms with Crippen molar-refractivity contribution in [3.05, 3.63) is 29.8 Å². The molecule has 0 aliphatic heterocycles. The summed E-state index contributed by atoms with van der Waals surface area (Å²) in [5.41, 5.74) is 2.04. The smallest absolute Gasteiger partial charge is 0.238 e. The Morgan fingerprint density at radius 3 is 2.59 bits per heavy atom. The summed E-state index contributed by atoms with van der Waals surface area (Å²) in [7, 11) is 0. The van der Waals surface area contributed by atoms with Crippen LogP contribution in [0.3, 0.4) is 0 Å². The van der Waals surface area contributed by atoms with Gasteiger partial charge >= 0.3 is 0 Å². The van der Waals surface area contributed by atoms with Crippen LogP contribution in [0.4, 0.5) is 5.69 Å². The van der Waals surface area contributed by atoms with Crippen molar-refractivity contribution in [3.63, 3.8) is 0 Å². The number of benzene rings is 1. The van der Waals surface area contributed by atoms with Crippen LogP contribution in [-0.2, 0) is 4.79 Å². The average molecular weight is 252 g/mol. The Bertz CT molecular complexity index is 351. The van der Waals surface area contributed by atoms with E-state index in [0.29, 0.717) is 11.8 Å². The number of hydrogen-bond acceptors (Lipinski definition) is 3.